The van der Waals surface area contributed by atoms with Gasteiger partial charge in [0.15, 0.2) is 0 Å². The van der Waals surface area contributed by atoms with E-state index in [1.54, 1.807) is 0 Å². The molecular weight excluding hydrogens is 294 g/mol. The molecule has 5 heteroatoms. The maximum absolute atomic E-state index is 12.1. The van der Waals surface area contributed by atoms with Crippen LogP contribution < -0.4 is 5.32 Å². The number of rotatable bonds is 7. The van der Waals surface area contributed by atoms with Gasteiger partial charge in [0.2, 0.25) is 5.91 Å². The highest BCUT2D eigenvalue weighted by Gasteiger charge is 2.31. The fraction of sp³-hybridized carbons (Fsp3) is 0.556. The molecule has 0 saturated carbocycles. The van der Waals surface area contributed by atoms with Crippen molar-refractivity contribution in [3.8, 4) is 0 Å². The lowest BCUT2D eigenvalue weighted by atomic mass is 9.93. The van der Waals surface area contributed by atoms with Crippen LogP contribution >= 0.6 is 0 Å². The Kier molecular flexibility index (Phi) is 6.59. The Bertz CT molecular complexity index is 520. The first-order valence-electron chi connectivity index (χ1n) is 8.28. The molecule has 0 radical (unpaired) electrons. The van der Waals surface area contributed by atoms with Crippen molar-refractivity contribution in [3.05, 3.63) is 35.4 Å². The molecule has 5 nitrogen and oxygen atoms in total. The highest BCUT2D eigenvalue weighted by Crippen LogP contribution is 2.18. The van der Waals surface area contributed by atoms with Crippen molar-refractivity contribution in [2.45, 2.75) is 45.1 Å². The molecule has 0 bridgehead atoms. The van der Waals surface area contributed by atoms with Crippen LogP contribution in [0.2, 0.25) is 0 Å². The summed E-state index contributed by atoms with van der Waals surface area (Å²) in [5, 5.41) is 12.0. The van der Waals surface area contributed by atoms with Crippen LogP contribution in [-0.2, 0) is 27.2 Å². The molecule has 0 aromatic heterocycles. The van der Waals surface area contributed by atoms with Gasteiger partial charge < -0.3 is 15.2 Å². The second-order valence-corrected chi connectivity index (χ2v) is 6.03. The Morgan fingerprint density at radius 3 is 2.57 bits per heavy atom. The van der Waals surface area contributed by atoms with Gasteiger partial charge in [0.25, 0.3) is 0 Å². The van der Waals surface area contributed by atoms with E-state index in [0.29, 0.717) is 26.1 Å². The highest BCUT2D eigenvalue weighted by molar-refractivity contribution is 5.83. The molecule has 23 heavy (non-hydrogen) atoms. The molecule has 0 aliphatic carbocycles. The highest BCUT2D eigenvalue weighted by atomic mass is 16.5. The Hall–Kier alpha value is -1.88. The van der Waals surface area contributed by atoms with E-state index in [2.05, 4.69) is 24.4 Å². The fourth-order valence-corrected chi connectivity index (χ4v) is 2.85. The number of carbonyl (C=O) groups is 2. The summed E-state index contributed by atoms with van der Waals surface area (Å²) in [6.45, 7) is 3.17. The molecule has 2 N–H and O–H groups in total. The number of amides is 1. The van der Waals surface area contributed by atoms with Crippen LogP contribution in [0.25, 0.3) is 0 Å². The van der Waals surface area contributed by atoms with Crippen molar-refractivity contribution >= 4 is 11.9 Å². The molecule has 1 aromatic carbocycles. The normalized spacial score (nSPS) is 19.1. The minimum Gasteiger partial charge on any atom is -0.480 e. The molecule has 1 fully saturated rings. The number of nitrogens with one attached hydrogen (secondary N) is 1. The molecule has 1 aromatic rings. The second-order valence-electron chi connectivity index (χ2n) is 6.03. The smallest absolute Gasteiger partial charge is 0.326 e. The van der Waals surface area contributed by atoms with Gasteiger partial charge >= 0.3 is 5.97 Å². The molecule has 126 valence electrons. The van der Waals surface area contributed by atoms with Crippen molar-refractivity contribution in [2.75, 3.05) is 13.2 Å². The lowest BCUT2D eigenvalue weighted by Gasteiger charge is -2.28. The van der Waals surface area contributed by atoms with Crippen LogP contribution in [0.1, 0.15) is 37.3 Å². The van der Waals surface area contributed by atoms with E-state index in [9.17, 15) is 14.7 Å². The van der Waals surface area contributed by atoms with Crippen LogP contribution in [0, 0.1) is 5.92 Å². The Morgan fingerprint density at radius 2 is 2.00 bits per heavy atom. The van der Waals surface area contributed by atoms with Gasteiger partial charge in [-0.3, -0.25) is 4.79 Å². The van der Waals surface area contributed by atoms with Gasteiger partial charge in [-0.2, -0.15) is 0 Å². The van der Waals surface area contributed by atoms with Crippen LogP contribution in [0.15, 0.2) is 24.3 Å². The van der Waals surface area contributed by atoms with E-state index in [4.69, 9.17) is 4.74 Å². The number of carboxylic acids is 1. The third-order valence-electron chi connectivity index (χ3n) is 4.32. The van der Waals surface area contributed by atoms with Gasteiger partial charge in [-0.05, 0) is 36.8 Å². The number of aryl methyl sites for hydroxylation is 2. The summed E-state index contributed by atoms with van der Waals surface area (Å²) in [6.07, 6.45) is 3.51. The number of ether oxygens (including phenoxy) is 1. The lowest BCUT2D eigenvalue weighted by Crippen LogP contribution is -2.48. The lowest BCUT2D eigenvalue weighted by molar-refractivity contribution is -0.145. The topological polar surface area (TPSA) is 75.6 Å². The summed E-state index contributed by atoms with van der Waals surface area (Å²) in [7, 11) is 0. The maximum Gasteiger partial charge on any atom is 0.326 e. The first-order chi connectivity index (χ1) is 11.1. The van der Waals surface area contributed by atoms with Crippen LogP contribution in [-0.4, -0.2) is 36.2 Å². The van der Waals surface area contributed by atoms with Crippen molar-refractivity contribution < 1.29 is 19.4 Å². The Balaban J connectivity index is 1.84. The second kappa shape index (κ2) is 8.67. The molecule has 2 unspecified atom stereocenters. The van der Waals surface area contributed by atoms with Gasteiger partial charge in [-0.25, -0.2) is 4.79 Å². The van der Waals surface area contributed by atoms with E-state index in [0.717, 1.165) is 24.8 Å². The fourth-order valence-electron chi connectivity index (χ4n) is 2.85. The molecule has 2 rings (SSSR count). The number of aliphatic carboxylic acids is 1. The molecule has 2 atom stereocenters. The van der Waals surface area contributed by atoms with E-state index in [1.165, 1.54) is 5.56 Å². The maximum atomic E-state index is 12.1. The average Bonchev–Trinajstić information content (AvgIpc) is 2.58. The summed E-state index contributed by atoms with van der Waals surface area (Å²) in [5.41, 5.74) is 2.35. The third-order valence-corrected chi connectivity index (χ3v) is 4.32. The molecule has 0 spiro atoms. The molecule has 1 heterocycles. The first kappa shape index (κ1) is 17.5. The summed E-state index contributed by atoms with van der Waals surface area (Å²) in [4.78, 5) is 23.5. The molecule has 1 aliphatic rings. The zero-order valence-electron chi connectivity index (χ0n) is 13.6. The van der Waals surface area contributed by atoms with Gasteiger partial charge in [0.05, 0.1) is 6.61 Å². The molecule has 1 amide bonds. The number of carboxylic acid groups (broad SMARTS) is 1. The standard InChI is InChI=1S/C18H25NO4/c1-2-13-5-7-14(8-6-13)9-10-16(20)19-17(18(21)22)15-4-3-11-23-12-15/h5-8,15,17H,2-4,9-12H2,1H3,(H,19,20)(H,21,22). The zero-order valence-corrected chi connectivity index (χ0v) is 13.6. The summed E-state index contributed by atoms with van der Waals surface area (Å²) >= 11 is 0. The number of carbonyl (C=O) groups excluding carboxylic acids is 1. The van der Waals surface area contributed by atoms with E-state index in [1.807, 2.05) is 12.1 Å². The number of hydrogen-bond acceptors (Lipinski definition) is 3. The van der Waals surface area contributed by atoms with E-state index in [-0.39, 0.29) is 11.8 Å². The van der Waals surface area contributed by atoms with Crippen molar-refractivity contribution in [1.82, 2.24) is 5.32 Å². The molecular formula is C18H25NO4. The molecule has 1 saturated heterocycles. The third kappa shape index (κ3) is 5.36. The first-order valence-corrected chi connectivity index (χ1v) is 8.28. The van der Waals surface area contributed by atoms with Gasteiger partial charge in [-0.15, -0.1) is 0 Å². The summed E-state index contributed by atoms with van der Waals surface area (Å²) < 4.78 is 5.33. The number of benzene rings is 1. The van der Waals surface area contributed by atoms with Crippen molar-refractivity contribution in [1.29, 1.82) is 0 Å². The average molecular weight is 319 g/mol. The van der Waals surface area contributed by atoms with Crippen LogP contribution in [0.3, 0.4) is 0 Å². The predicted molar refractivity (Wildman–Crippen MR) is 87.3 cm³/mol. The van der Waals surface area contributed by atoms with E-state index < -0.39 is 12.0 Å². The summed E-state index contributed by atoms with van der Waals surface area (Å²) in [5.74, 6) is -1.35. The van der Waals surface area contributed by atoms with E-state index >= 15 is 0 Å². The largest absolute Gasteiger partial charge is 0.480 e. The number of hydrogen-bond donors (Lipinski definition) is 2. The van der Waals surface area contributed by atoms with Crippen molar-refractivity contribution in [3.63, 3.8) is 0 Å². The Morgan fingerprint density at radius 1 is 1.30 bits per heavy atom. The minimum atomic E-state index is -0.985. The van der Waals surface area contributed by atoms with Gasteiger partial charge in [-0.1, -0.05) is 31.2 Å². The van der Waals surface area contributed by atoms with Crippen molar-refractivity contribution in [2.24, 2.45) is 5.92 Å². The minimum absolute atomic E-state index is 0.144. The van der Waals surface area contributed by atoms with Crippen LogP contribution in [0.4, 0.5) is 0 Å². The monoisotopic (exact) mass is 319 g/mol. The summed E-state index contributed by atoms with van der Waals surface area (Å²) in [6, 6.07) is 7.32. The quantitative estimate of drug-likeness (QED) is 0.808. The Labute approximate surface area is 137 Å². The van der Waals surface area contributed by atoms with Crippen LogP contribution in [0.5, 0.6) is 0 Å². The zero-order chi connectivity index (χ0) is 16.7. The molecule has 1 aliphatic heterocycles. The SMILES string of the molecule is CCc1ccc(CCC(=O)NC(C(=O)O)C2CCCOC2)cc1. The van der Waals surface area contributed by atoms with Gasteiger partial charge in [0.1, 0.15) is 6.04 Å². The van der Waals surface area contributed by atoms with Gasteiger partial charge in [0, 0.05) is 18.9 Å². The predicted octanol–water partition coefficient (Wildman–Crippen LogP) is 2.18.